The van der Waals surface area contributed by atoms with E-state index in [2.05, 4.69) is 5.32 Å². The molecule has 0 unspecified atom stereocenters. The zero-order valence-corrected chi connectivity index (χ0v) is 22.3. The molecule has 0 aliphatic rings. The average molecular weight is 572 g/mol. The Morgan fingerprint density at radius 2 is 1.78 bits per heavy atom. The number of ether oxygens (including phenoxy) is 1. The molecule has 0 fully saturated rings. The van der Waals surface area contributed by atoms with Crippen molar-refractivity contribution < 1.29 is 18.7 Å². The summed E-state index contributed by atoms with van der Waals surface area (Å²) in [7, 11) is 0. The molecule has 0 spiro atoms. The maximum atomic E-state index is 13.0. The number of nitrogens with one attached hydrogen (secondary N) is 1. The highest BCUT2D eigenvalue weighted by atomic mass is 35.5. The van der Waals surface area contributed by atoms with Crippen LogP contribution in [0.5, 0.6) is 0 Å². The fourth-order valence-electron chi connectivity index (χ4n) is 3.42. The van der Waals surface area contributed by atoms with Gasteiger partial charge in [-0.2, -0.15) is 5.26 Å². The minimum Gasteiger partial charge on any atom is -0.462 e. The fraction of sp³-hybridized carbons (Fsp3) is 0.0741. The van der Waals surface area contributed by atoms with Crippen LogP contribution in [0.15, 0.2) is 70.0 Å². The Labute approximate surface area is 231 Å². The summed E-state index contributed by atoms with van der Waals surface area (Å²) in [6, 6.07) is 17.1. The van der Waals surface area contributed by atoms with Crippen LogP contribution in [0.25, 0.3) is 28.5 Å². The minimum absolute atomic E-state index is 0.157. The monoisotopic (exact) mass is 570 g/mol. The maximum absolute atomic E-state index is 13.0. The second kappa shape index (κ2) is 11.7. The van der Waals surface area contributed by atoms with Gasteiger partial charge >= 0.3 is 5.97 Å². The number of nitrogens with zero attached hydrogens (tertiary/aromatic N) is 1. The third-order valence-corrected chi connectivity index (χ3v) is 6.82. The van der Waals surface area contributed by atoms with Gasteiger partial charge in [0, 0.05) is 32.6 Å². The molecule has 0 aliphatic heterocycles. The number of halogens is 3. The molecule has 186 valence electrons. The van der Waals surface area contributed by atoms with Crippen molar-refractivity contribution in [2.45, 2.75) is 6.92 Å². The van der Waals surface area contributed by atoms with E-state index in [1.807, 2.05) is 6.07 Å². The van der Waals surface area contributed by atoms with Crippen LogP contribution in [-0.2, 0) is 9.53 Å². The van der Waals surface area contributed by atoms with Gasteiger partial charge in [0.2, 0.25) is 0 Å². The summed E-state index contributed by atoms with van der Waals surface area (Å²) >= 11 is 19.3. The van der Waals surface area contributed by atoms with Gasteiger partial charge in [0.25, 0.3) is 5.91 Å². The minimum atomic E-state index is -0.708. The van der Waals surface area contributed by atoms with Crippen molar-refractivity contribution in [2.75, 3.05) is 11.9 Å². The zero-order valence-electron chi connectivity index (χ0n) is 19.2. The normalized spacial score (nSPS) is 11.2. The Balaban J connectivity index is 1.62. The molecular weight excluding hydrogens is 555 g/mol. The number of furan rings is 1. The topological polar surface area (TPSA) is 92.3 Å². The van der Waals surface area contributed by atoms with E-state index >= 15 is 0 Å². The molecule has 0 atom stereocenters. The molecule has 0 bridgehead atoms. The quantitative estimate of drug-likeness (QED) is 0.137. The van der Waals surface area contributed by atoms with Gasteiger partial charge in [-0.25, -0.2) is 4.79 Å². The number of carbonyl (C=O) groups is 2. The third-order valence-electron chi connectivity index (χ3n) is 5.13. The van der Waals surface area contributed by atoms with E-state index in [4.69, 9.17) is 44.0 Å². The number of esters is 1. The van der Waals surface area contributed by atoms with Gasteiger partial charge in [-0.1, -0.05) is 46.9 Å². The largest absolute Gasteiger partial charge is 0.462 e. The Kier molecular flexibility index (Phi) is 8.37. The van der Waals surface area contributed by atoms with Crippen LogP contribution in [0.2, 0.25) is 15.1 Å². The maximum Gasteiger partial charge on any atom is 0.341 e. The Hall–Kier alpha value is -3.54. The summed E-state index contributed by atoms with van der Waals surface area (Å²) in [5.74, 6) is -0.588. The number of thiophene rings is 1. The Morgan fingerprint density at radius 1 is 1.05 bits per heavy atom. The molecule has 0 radical (unpaired) electrons. The van der Waals surface area contributed by atoms with Crippen molar-refractivity contribution in [3.63, 3.8) is 0 Å². The molecule has 1 amide bonds. The van der Waals surface area contributed by atoms with Crippen LogP contribution in [0.3, 0.4) is 0 Å². The number of hydrogen-bond donors (Lipinski definition) is 1. The summed E-state index contributed by atoms with van der Waals surface area (Å²) in [5, 5.41) is 15.7. The summed E-state index contributed by atoms with van der Waals surface area (Å²) in [4.78, 5) is 25.8. The molecule has 4 rings (SSSR count). The lowest BCUT2D eigenvalue weighted by Crippen LogP contribution is -2.16. The van der Waals surface area contributed by atoms with Crippen LogP contribution < -0.4 is 5.32 Å². The van der Waals surface area contributed by atoms with E-state index in [-0.39, 0.29) is 28.5 Å². The first-order chi connectivity index (χ1) is 17.8. The highest BCUT2D eigenvalue weighted by Gasteiger charge is 2.24. The number of amides is 1. The molecule has 0 aliphatic carbocycles. The SMILES string of the molecule is CCOC(=O)c1c(-c2ccc(Cl)cc2)csc1NC(=O)/C(C#N)=C/c1ccc(-c2ccc(Cl)cc2Cl)o1. The standard InChI is InChI=1S/C27H17Cl3N2O4S/c1-2-35-27(34)24-21(15-3-5-17(28)6-4-15)14-37-26(24)32-25(33)16(13-31)11-19-8-10-23(36-19)20-9-7-18(29)12-22(20)30/h3-12,14H,2H2,1H3,(H,32,33)/b16-11+. The lowest BCUT2D eigenvalue weighted by molar-refractivity contribution is -0.112. The predicted octanol–water partition coefficient (Wildman–Crippen LogP) is 8.36. The molecule has 0 saturated carbocycles. The van der Waals surface area contributed by atoms with Crippen LogP contribution in [-0.4, -0.2) is 18.5 Å². The highest BCUT2D eigenvalue weighted by molar-refractivity contribution is 7.15. The average Bonchev–Trinajstić information content (AvgIpc) is 3.50. The number of benzene rings is 2. The summed E-state index contributed by atoms with van der Waals surface area (Å²) in [5.41, 5.74) is 1.88. The molecule has 0 saturated heterocycles. The zero-order chi connectivity index (χ0) is 26.5. The molecule has 10 heteroatoms. The number of rotatable bonds is 7. The van der Waals surface area contributed by atoms with Crippen LogP contribution in [0, 0.1) is 11.3 Å². The number of hydrogen-bond acceptors (Lipinski definition) is 6. The van der Waals surface area contributed by atoms with E-state index in [0.29, 0.717) is 32.0 Å². The van der Waals surface area contributed by atoms with Gasteiger partial charge in [0.1, 0.15) is 33.7 Å². The Bertz CT molecular complexity index is 1550. The summed E-state index contributed by atoms with van der Waals surface area (Å²) in [6.45, 7) is 1.85. The lowest BCUT2D eigenvalue weighted by atomic mass is 10.0. The molecule has 2 aromatic carbocycles. The molecule has 2 aromatic heterocycles. The predicted molar refractivity (Wildman–Crippen MR) is 147 cm³/mol. The first kappa shape index (κ1) is 26.5. The number of nitriles is 1. The Morgan fingerprint density at radius 3 is 2.46 bits per heavy atom. The highest BCUT2D eigenvalue weighted by Crippen LogP contribution is 2.37. The van der Waals surface area contributed by atoms with Crippen LogP contribution in [0.1, 0.15) is 23.0 Å². The molecule has 2 heterocycles. The lowest BCUT2D eigenvalue weighted by Gasteiger charge is -2.08. The van der Waals surface area contributed by atoms with Crippen molar-refractivity contribution >= 4 is 69.1 Å². The van der Waals surface area contributed by atoms with Crippen molar-refractivity contribution in [1.82, 2.24) is 0 Å². The molecule has 6 nitrogen and oxygen atoms in total. The summed E-state index contributed by atoms with van der Waals surface area (Å²) in [6.07, 6.45) is 1.31. The van der Waals surface area contributed by atoms with Gasteiger partial charge in [-0.15, -0.1) is 11.3 Å². The number of carbonyl (C=O) groups excluding carboxylic acids is 2. The third kappa shape index (κ3) is 6.07. The smallest absolute Gasteiger partial charge is 0.341 e. The van der Waals surface area contributed by atoms with Gasteiger partial charge < -0.3 is 14.5 Å². The second-order valence-corrected chi connectivity index (χ2v) is 9.69. The first-order valence-corrected chi connectivity index (χ1v) is 12.8. The molecule has 1 N–H and O–H groups in total. The van der Waals surface area contributed by atoms with Crippen molar-refractivity contribution in [3.05, 3.63) is 91.9 Å². The second-order valence-electron chi connectivity index (χ2n) is 7.53. The van der Waals surface area contributed by atoms with Gasteiger partial charge in [0.15, 0.2) is 0 Å². The fourth-order valence-corrected chi connectivity index (χ4v) is 5.00. The van der Waals surface area contributed by atoms with E-state index in [0.717, 1.165) is 16.9 Å². The van der Waals surface area contributed by atoms with Crippen molar-refractivity contribution in [1.29, 1.82) is 5.26 Å². The number of anilines is 1. The van der Waals surface area contributed by atoms with Gasteiger partial charge in [-0.3, -0.25) is 4.79 Å². The summed E-state index contributed by atoms with van der Waals surface area (Å²) < 4.78 is 11.0. The first-order valence-electron chi connectivity index (χ1n) is 10.8. The molecular formula is C27H17Cl3N2O4S. The molecule has 4 aromatic rings. The van der Waals surface area contributed by atoms with Crippen LogP contribution in [0.4, 0.5) is 5.00 Å². The van der Waals surface area contributed by atoms with Crippen molar-refractivity contribution in [2.24, 2.45) is 0 Å². The van der Waals surface area contributed by atoms with Gasteiger partial charge in [0.05, 0.1) is 11.6 Å². The van der Waals surface area contributed by atoms with E-state index in [1.54, 1.807) is 66.9 Å². The van der Waals surface area contributed by atoms with Crippen LogP contribution >= 0.6 is 46.1 Å². The molecule has 37 heavy (non-hydrogen) atoms. The van der Waals surface area contributed by atoms with Gasteiger partial charge in [-0.05, 0) is 55.0 Å². The van der Waals surface area contributed by atoms with E-state index in [9.17, 15) is 14.9 Å². The van der Waals surface area contributed by atoms with E-state index < -0.39 is 11.9 Å². The van der Waals surface area contributed by atoms with Crippen molar-refractivity contribution in [3.8, 4) is 28.5 Å². The van der Waals surface area contributed by atoms with E-state index in [1.165, 1.54) is 6.08 Å².